The van der Waals surface area contributed by atoms with Crippen LogP contribution < -0.4 is 0 Å². The van der Waals surface area contributed by atoms with Crippen LogP contribution in [0.2, 0.25) is 0 Å². The second kappa shape index (κ2) is 3.57. The van der Waals surface area contributed by atoms with Gasteiger partial charge in [0.15, 0.2) is 5.58 Å². The average molecular weight is 228 g/mol. The molecule has 2 aliphatic heterocycles. The Labute approximate surface area is 100 Å². The lowest BCUT2D eigenvalue weighted by Crippen LogP contribution is -2.25. The van der Waals surface area contributed by atoms with Crippen molar-refractivity contribution < 1.29 is 4.42 Å². The molecule has 0 saturated carbocycles. The zero-order chi connectivity index (χ0) is 11.2. The lowest BCUT2D eigenvalue weighted by Gasteiger charge is -2.21. The van der Waals surface area contributed by atoms with Crippen LogP contribution in [0.25, 0.3) is 11.1 Å². The van der Waals surface area contributed by atoms with E-state index >= 15 is 0 Å². The Balaban J connectivity index is 1.74. The van der Waals surface area contributed by atoms with Crippen LogP contribution in [0, 0.1) is 0 Å². The van der Waals surface area contributed by atoms with E-state index in [1.165, 1.54) is 32.2 Å². The van der Waals surface area contributed by atoms with Gasteiger partial charge in [-0.1, -0.05) is 0 Å². The molecule has 0 aromatic carbocycles. The van der Waals surface area contributed by atoms with E-state index in [9.17, 15) is 0 Å². The van der Waals surface area contributed by atoms with Gasteiger partial charge in [0, 0.05) is 18.3 Å². The molecule has 0 spiro atoms. The van der Waals surface area contributed by atoms with Crippen molar-refractivity contribution in [2.45, 2.75) is 37.8 Å². The molecule has 0 unspecified atom stereocenters. The lowest BCUT2D eigenvalue weighted by atomic mass is 10.1. The van der Waals surface area contributed by atoms with Gasteiger partial charge in [-0.3, -0.25) is 9.88 Å². The summed E-state index contributed by atoms with van der Waals surface area (Å²) in [7, 11) is 0. The minimum Gasteiger partial charge on any atom is -0.458 e. The van der Waals surface area contributed by atoms with Crippen molar-refractivity contribution in [3.8, 4) is 0 Å². The van der Waals surface area contributed by atoms with Gasteiger partial charge >= 0.3 is 0 Å². The monoisotopic (exact) mass is 228 g/mol. The molecule has 88 valence electrons. The second-order valence-corrected chi connectivity index (χ2v) is 5.16. The van der Waals surface area contributed by atoms with E-state index in [-0.39, 0.29) is 0 Å². The zero-order valence-electron chi connectivity index (χ0n) is 9.80. The molecule has 2 aromatic heterocycles. The Hall–Kier alpha value is -1.35. The summed E-state index contributed by atoms with van der Waals surface area (Å²) in [6.45, 7) is 1.24. The van der Waals surface area contributed by atoms with Crippen molar-refractivity contribution in [2.75, 3.05) is 6.54 Å². The maximum absolute atomic E-state index is 5.96. The molecule has 2 aliphatic rings. The van der Waals surface area contributed by atoms with Crippen LogP contribution >= 0.6 is 0 Å². The smallest absolute Gasteiger partial charge is 0.152 e. The summed E-state index contributed by atoms with van der Waals surface area (Å²) in [5, 5.41) is 0. The zero-order valence-corrected chi connectivity index (χ0v) is 9.80. The van der Waals surface area contributed by atoms with Crippen molar-refractivity contribution in [2.24, 2.45) is 0 Å². The predicted octanol–water partition coefficient (Wildman–Crippen LogP) is 3.13. The van der Waals surface area contributed by atoms with Crippen LogP contribution in [0.3, 0.4) is 0 Å². The summed E-state index contributed by atoms with van der Waals surface area (Å²) < 4.78 is 5.96. The highest BCUT2D eigenvalue weighted by Crippen LogP contribution is 2.42. The Kier molecular flexibility index (Phi) is 2.03. The third-order valence-electron chi connectivity index (χ3n) is 4.23. The quantitative estimate of drug-likeness (QED) is 0.751. The van der Waals surface area contributed by atoms with Crippen LogP contribution in [0.4, 0.5) is 0 Å². The first-order chi connectivity index (χ1) is 8.42. The fourth-order valence-corrected chi connectivity index (χ4v) is 3.45. The molecular weight excluding hydrogens is 212 g/mol. The van der Waals surface area contributed by atoms with Gasteiger partial charge in [-0.05, 0) is 44.4 Å². The molecule has 3 heteroatoms. The maximum atomic E-state index is 5.96. The van der Waals surface area contributed by atoms with Gasteiger partial charge in [0.05, 0.1) is 6.04 Å². The molecule has 0 radical (unpaired) electrons. The largest absolute Gasteiger partial charge is 0.458 e. The minimum absolute atomic E-state index is 0.497. The van der Waals surface area contributed by atoms with Crippen LogP contribution in [-0.4, -0.2) is 22.5 Å². The van der Waals surface area contributed by atoms with Crippen LogP contribution in [-0.2, 0) is 0 Å². The first-order valence-electron chi connectivity index (χ1n) is 6.52. The summed E-state index contributed by atoms with van der Waals surface area (Å²) in [4.78, 5) is 6.97. The van der Waals surface area contributed by atoms with Gasteiger partial charge < -0.3 is 4.42 Å². The molecule has 2 saturated heterocycles. The molecule has 4 heterocycles. The van der Waals surface area contributed by atoms with Crippen molar-refractivity contribution >= 4 is 11.1 Å². The minimum atomic E-state index is 0.497. The fourth-order valence-electron chi connectivity index (χ4n) is 3.45. The van der Waals surface area contributed by atoms with E-state index in [1.807, 2.05) is 18.3 Å². The number of nitrogens with zero attached hydrogens (tertiary/aromatic N) is 2. The SMILES string of the molecule is c1cnc2cc([C@H]3CC[C@H]4CCCN43)oc2c1. The molecule has 17 heavy (non-hydrogen) atoms. The Bertz CT molecular complexity index is 515. The number of fused-ring (bicyclic) bond motifs is 2. The fraction of sp³-hybridized carbons (Fsp3) is 0.500. The normalized spacial score (nSPS) is 28.9. The van der Waals surface area contributed by atoms with Gasteiger partial charge in [0.1, 0.15) is 11.3 Å². The number of pyridine rings is 1. The average Bonchev–Trinajstić information content (AvgIpc) is 3.02. The molecule has 0 N–H and O–H groups in total. The molecule has 2 aromatic rings. The number of furan rings is 1. The second-order valence-electron chi connectivity index (χ2n) is 5.16. The highest BCUT2D eigenvalue weighted by Gasteiger charge is 2.38. The Morgan fingerprint density at radius 2 is 2.29 bits per heavy atom. The topological polar surface area (TPSA) is 29.3 Å². The molecule has 3 nitrogen and oxygen atoms in total. The first-order valence-corrected chi connectivity index (χ1v) is 6.52. The predicted molar refractivity (Wildman–Crippen MR) is 65.7 cm³/mol. The Morgan fingerprint density at radius 3 is 3.24 bits per heavy atom. The van der Waals surface area contributed by atoms with Crippen molar-refractivity contribution in [3.63, 3.8) is 0 Å². The highest BCUT2D eigenvalue weighted by molar-refractivity contribution is 5.72. The third kappa shape index (κ3) is 1.42. The van der Waals surface area contributed by atoms with Crippen LogP contribution in [0.5, 0.6) is 0 Å². The summed E-state index contributed by atoms with van der Waals surface area (Å²) in [5.74, 6) is 1.11. The number of hydrogen-bond acceptors (Lipinski definition) is 3. The number of hydrogen-bond donors (Lipinski definition) is 0. The molecule has 2 fully saturated rings. The van der Waals surface area contributed by atoms with E-state index in [2.05, 4.69) is 16.0 Å². The van der Waals surface area contributed by atoms with E-state index in [0.29, 0.717) is 6.04 Å². The van der Waals surface area contributed by atoms with E-state index in [4.69, 9.17) is 4.42 Å². The summed E-state index contributed by atoms with van der Waals surface area (Å²) in [6, 6.07) is 7.36. The Morgan fingerprint density at radius 1 is 1.29 bits per heavy atom. The summed E-state index contributed by atoms with van der Waals surface area (Å²) in [6.07, 6.45) is 7.11. The molecular formula is C14H16N2O. The van der Waals surface area contributed by atoms with Crippen molar-refractivity contribution in [1.29, 1.82) is 0 Å². The maximum Gasteiger partial charge on any atom is 0.152 e. The van der Waals surface area contributed by atoms with Gasteiger partial charge in [0.2, 0.25) is 0 Å². The van der Waals surface area contributed by atoms with Crippen molar-refractivity contribution in [1.82, 2.24) is 9.88 Å². The van der Waals surface area contributed by atoms with E-state index in [0.717, 1.165) is 22.9 Å². The van der Waals surface area contributed by atoms with Gasteiger partial charge in [-0.25, -0.2) is 0 Å². The van der Waals surface area contributed by atoms with E-state index < -0.39 is 0 Å². The molecule has 0 amide bonds. The van der Waals surface area contributed by atoms with Crippen LogP contribution in [0.15, 0.2) is 28.8 Å². The lowest BCUT2D eigenvalue weighted by molar-refractivity contribution is 0.225. The molecule has 0 aliphatic carbocycles. The van der Waals surface area contributed by atoms with Crippen molar-refractivity contribution in [3.05, 3.63) is 30.2 Å². The molecule has 2 atom stereocenters. The highest BCUT2D eigenvalue weighted by atomic mass is 16.3. The first kappa shape index (κ1) is 9.66. The molecule has 0 bridgehead atoms. The van der Waals surface area contributed by atoms with Gasteiger partial charge in [-0.2, -0.15) is 0 Å². The summed E-state index contributed by atoms with van der Waals surface area (Å²) >= 11 is 0. The standard InChI is InChI=1S/C14H16N2O/c1-4-13-11(15-7-1)9-14(17-13)12-6-5-10-3-2-8-16(10)12/h1,4,7,9-10,12H,2-3,5-6,8H2/t10-,12-/m1/s1. The van der Waals surface area contributed by atoms with Gasteiger partial charge in [-0.15, -0.1) is 0 Å². The molecule has 4 rings (SSSR count). The van der Waals surface area contributed by atoms with E-state index in [1.54, 1.807) is 0 Å². The number of rotatable bonds is 1. The summed E-state index contributed by atoms with van der Waals surface area (Å²) in [5.41, 5.74) is 1.91. The van der Waals surface area contributed by atoms with Gasteiger partial charge in [0.25, 0.3) is 0 Å². The third-order valence-corrected chi connectivity index (χ3v) is 4.23. The number of aromatic nitrogens is 1. The van der Waals surface area contributed by atoms with Crippen LogP contribution in [0.1, 0.15) is 37.5 Å².